The molecule has 1 aromatic carbocycles. The summed E-state index contributed by atoms with van der Waals surface area (Å²) in [5.41, 5.74) is 0.955. The van der Waals surface area contributed by atoms with E-state index in [1.165, 1.54) is 6.07 Å². The zero-order chi connectivity index (χ0) is 15.9. The van der Waals surface area contributed by atoms with Crippen LogP contribution in [0, 0.1) is 0 Å². The maximum atomic E-state index is 12.4. The minimum atomic E-state index is -2.86. The number of hydrogen-bond donors (Lipinski definition) is 2. The molecule has 1 saturated carbocycles. The molecule has 0 amide bonds. The van der Waals surface area contributed by atoms with Crippen LogP contribution in [-0.4, -0.2) is 30.5 Å². The van der Waals surface area contributed by atoms with Crippen LogP contribution in [0.1, 0.15) is 38.2 Å². The van der Waals surface area contributed by atoms with E-state index in [-0.39, 0.29) is 11.9 Å². The standard InChI is InChI=1S/C16H23F2NO3/c1-2-21-15-9-11(3-8-14(15)22-16(17)18)10-19-12-4-6-13(20)7-5-12/h3,8-9,12-13,16,19-20H,2,4-7,10H2,1H3. The monoisotopic (exact) mass is 315 g/mol. The lowest BCUT2D eigenvalue weighted by Crippen LogP contribution is -2.34. The van der Waals surface area contributed by atoms with Crippen LogP contribution in [0.2, 0.25) is 0 Å². The molecule has 0 aliphatic heterocycles. The first-order valence-electron chi connectivity index (χ1n) is 7.70. The molecular formula is C16H23F2NO3. The van der Waals surface area contributed by atoms with Gasteiger partial charge in [-0.25, -0.2) is 0 Å². The Morgan fingerprint density at radius 2 is 1.95 bits per heavy atom. The SMILES string of the molecule is CCOc1cc(CNC2CCC(O)CC2)ccc1OC(F)F. The van der Waals surface area contributed by atoms with E-state index in [1.54, 1.807) is 19.1 Å². The lowest BCUT2D eigenvalue weighted by atomic mass is 9.93. The van der Waals surface area contributed by atoms with Crippen molar-refractivity contribution in [1.29, 1.82) is 0 Å². The molecule has 1 fully saturated rings. The molecule has 22 heavy (non-hydrogen) atoms. The van der Waals surface area contributed by atoms with E-state index < -0.39 is 6.61 Å². The average Bonchev–Trinajstić information content (AvgIpc) is 2.49. The second-order valence-corrected chi connectivity index (χ2v) is 5.48. The second-order valence-electron chi connectivity index (χ2n) is 5.48. The van der Waals surface area contributed by atoms with Gasteiger partial charge in [0.05, 0.1) is 12.7 Å². The van der Waals surface area contributed by atoms with Gasteiger partial charge in [0.15, 0.2) is 11.5 Å². The number of aliphatic hydroxyl groups is 1. The zero-order valence-corrected chi connectivity index (χ0v) is 12.7. The first-order chi connectivity index (χ1) is 10.6. The second kappa shape index (κ2) is 8.29. The summed E-state index contributed by atoms with van der Waals surface area (Å²) >= 11 is 0. The van der Waals surface area contributed by atoms with Crippen LogP contribution in [0.15, 0.2) is 18.2 Å². The molecule has 0 spiro atoms. The normalized spacial score (nSPS) is 21.9. The summed E-state index contributed by atoms with van der Waals surface area (Å²) < 4.78 is 34.5. The molecule has 1 aromatic rings. The van der Waals surface area contributed by atoms with Crippen molar-refractivity contribution in [3.63, 3.8) is 0 Å². The summed E-state index contributed by atoms with van der Waals surface area (Å²) in [7, 11) is 0. The van der Waals surface area contributed by atoms with Gasteiger partial charge in [0.25, 0.3) is 0 Å². The summed E-state index contributed by atoms with van der Waals surface area (Å²) in [5, 5.41) is 12.9. The highest BCUT2D eigenvalue weighted by Crippen LogP contribution is 2.30. The van der Waals surface area contributed by atoms with Crippen LogP contribution >= 0.6 is 0 Å². The lowest BCUT2D eigenvalue weighted by Gasteiger charge is -2.26. The molecule has 124 valence electrons. The third kappa shape index (κ3) is 5.10. The molecule has 0 aromatic heterocycles. The fourth-order valence-corrected chi connectivity index (χ4v) is 2.67. The fourth-order valence-electron chi connectivity index (χ4n) is 2.67. The van der Waals surface area contributed by atoms with Gasteiger partial charge in [0.1, 0.15) is 0 Å². The third-order valence-corrected chi connectivity index (χ3v) is 3.82. The third-order valence-electron chi connectivity index (χ3n) is 3.82. The average molecular weight is 315 g/mol. The molecule has 2 N–H and O–H groups in total. The predicted octanol–water partition coefficient (Wildman–Crippen LogP) is 3.08. The molecular weight excluding hydrogens is 292 g/mol. The highest BCUT2D eigenvalue weighted by Gasteiger charge is 2.19. The van der Waals surface area contributed by atoms with E-state index in [0.29, 0.717) is 24.9 Å². The predicted molar refractivity (Wildman–Crippen MR) is 79.3 cm³/mol. The van der Waals surface area contributed by atoms with Gasteiger partial charge in [0, 0.05) is 12.6 Å². The molecule has 4 nitrogen and oxygen atoms in total. The van der Waals surface area contributed by atoms with Gasteiger partial charge in [-0.1, -0.05) is 6.07 Å². The Morgan fingerprint density at radius 1 is 1.23 bits per heavy atom. The van der Waals surface area contributed by atoms with Crippen molar-refractivity contribution in [2.75, 3.05) is 6.61 Å². The molecule has 2 rings (SSSR count). The van der Waals surface area contributed by atoms with Crippen molar-refractivity contribution in [1.82, 2.24) is 5.32 Å². The zero-order valence-electron chi connectivity index (χ0n) is 12.7. The van der Waals surface area contributed by atoms with Crippen LogP contribution in [0.25, 0.3) is 0 Å². The van der Waals surface area contributed by atoms with Crippen molar-refractivity contribution in [3.05, 3.63) is 23.8 Å². The molecule has 0 saturated heterocycles. The van der Waals surface area contributed by atoms with E-state index in [1.807, 2.05) is 0 Å². The van der Waals surface area contributed by atoms with Gasteiger partial charge >= 0.3 is 6.61 Å². The van der Waals surface area contributed by atoms with Gasteiger partial charge in [-0.15, -0.1) is 0 Å². The van der Waals surface area contributed by atoms with Gasteiger partial charge < -0.3 is 19.9 Å². The van der Waals surface area contributed by atoms with Crippen LogP contribution < -0.4 is 14.8 Å². The Bertz CT molecular complexity index is 463. The van der Waals surface area contributed by atoms with E-state index in [9.17, 15) is 13.9 Å². The molecule has 0 atom stereocenters. The number of benzene rings is 1. The summed E-state index contributed by atoms with van der Waals surface area (Å²) in [6, 6.07) is 5.38. The number of alkyl halides is 2. The number of aliphatic hydroxyl groups excluding tert-OH is 1. The topological polar surface area (TPSA) is 50.7 Å². The summed E-state index contributed by atoms with van der Waals surface area (Å²) in [4.78, 5) is 0. The molecule has 1 aliphatic carbocycles. The first kappa shape index (κ1) is 17.0. The highest BCUT2D eigenvalue weighted by molar-refractivity contribution is 5.43. The molecule has 0 bridgehead atoms. The van der Waals surface area contributed by atoms with Crippen LogP contribution in [0.3, 0.4) is 0 Å². The van der Waals surface area contributed by atoms with Crippen molar-refractivity contribution in [2.45, 2.75) is 57.9 Å². The van der Waals surface area contributed by atoms with E-state index in [2.05, 4.69) is 10.1 Å². The summed E-state index contributed by atoms with van der Waals surface area (Å²) in [5.74, 6) is 0.391. The Hall–Kier alpha value is -1.40. The number of nitrogens with one attached hydrogen (secondary N) is 1. The Labute approximate surface area is 129 Å². The van der Waals surface area contributed by atoms with Gasteiger partial charge in [-0.2, -0.15) is 8.78 Å². The van der Waals surface area contributed by atoms with Crippen molar-refractivity contribution in [3.8, 4) is 11.5 Å². The van der Waals surface area contributed by atoms with Gasteiger partial charge in [-0.3, -0.25) is 0 Å². The number of hydrogen-bond acceptors (Lipinski definition) is 4. The summed E-state index contributed by atoms with van der Waals surface area (Å²) in [6.07, 6.45) is 3.37. The summed E-state index contributed by atoms with van der Waals surface area (Å²) in [6.45, 7) is -0.0474. The maximum Gasteiger partial charge on any atom is 0.387 e. The van der Waals surface area contributed by atoms with E-state index in [0.717, 1.165) is 31.2 Å². The lowest BCUT2D eigenvalue weighted by molar-refractivity contribution is -0.0514. The van der Waals surface area contributed by atoms with Crippen LogP contribution in [0.5, 0.6) is 11.5 Å². The Kier molecular flexibility index (Phi) is 6.39. The minimum Gasteiger partial charge on any atom is -0.490 e. The van der Waals surface area contributed by atoms with Gasteiger partial charge in [-0.05, 0) is 50.3 Å². The van der Waals surface area contributed by atoms with Gasteiger partial charge in [0.2, 0.25) is 0 Å². The van der Waals surface area contributed by atoms with E-state index >= 15 is 0 Å². The van der Waals surface area contributed by atoms with Crippen molar-refractivity contribution < 1.29 is 23.4 Å². The smallest absolute Gasteiger partial charge is 0.387 e. The largest absolute Gasteiger partial charge is 0.490 e. The number of rotatable bonds is 7. The molecule has 1 aliphatic rings. The highest BCUT2D eigenvalue weighted by atomic mass is 19.3. The molecule has 0 heterocycles. The van der Waals surface area contributed by atoms with Crippen molar-refractivity contribution in [2.24, 2.45) is 0 Å². The molecule has 0 radical (unpaired) electrons. The number of halogens is 2. The first-order valence-corrected chi connectivity index (χ1v) is 7.70. The van der Waals surface area contributed by atoms with E-state index in [4.69, 9.17) is 4.74 Å². The quantitative estimate of drug-likeness (QED) is 0.812. The number of ether oxygens (including phenoxy) is 2. The van der Waals surface area contributed by atoms with Crippen LogP contribution in [0.4, 0.5) is 8.78 Å². The molecule has 6 heteroatoms. The maximum absolute atomic E-state index is 12.4. The van der Waals surface area contributed by atoms with Crippen molar-refractivity contribution >= 4 is 0 Å². The Balaban J connectivity index is 1.94. The fraction of sp³-hybridized carbons (Fsp3) is 0.625. The van der Waals surface area contributed by atoms with Crippen LogP contribution in [-0.2, 0) is 6.54 Å². The molecule has 0 unspecified atom stereocenters. The Morgan fingerprint density at radius 3 is 2.59 bits per heavy atom. The minimum absolute atomic E-state index is 0.0568.